The van der Waals surface area contributed by atoms with Gasteiger partial charge in [-0.15, -0.1) is 0 Å². The zero-order valence-electron chi connectivity index (χ0n) is 11.9. The van der Waals surface area contributed by atoms with Crippen LogP contribution in [0.4, 0.5) is 5.69 Å². The summed E-state index contributed by atoms with van der Waals surface area (Å²) in [6.07, 6.45) is 3.60. The molecule has 0 amide bonds. The summed E-state index contributed by atoms with van der Waals surface area (Å²) in [6.45, 7) is 1.34. The maximum absolute atomic E-state index is 11.0. The van der Waals surface area contributed by atoms with Crippen molar-refractivity contribution < 1.29 is 4.92 Å². The fourth-order valence-corrected chi connectivity index (χ4v) is 2.82. The van der Waals surface area contributed by atoms with E-state index in [1.807, 2.05) is 0 Å². The molecule has 5 nitrogen and oxygen atoms in total. The SMILES string of the molecule is CN(C)C1(CNCc2ccc(Cl)cc2[N+](=O)[O-])CCC1. The predicted molar refractivity (Wildman–Crippen MR) is 80.1 cm³/mol. The first-order valence-corrected chi connectivity index (χ1v) is 7.13. The molecule has 1 fully saturated rings. The normalized spacial score (nSPS) is 17.0. The van der Waals surface area contributed by atoms with E-state index >= 15 is 0 Å². The fourth-order valence-electron chi connectivity index (χ4n) is 2.65. The van der Waals surface area contributed by atoms with Gasteiger partial charge in [0.25, 0.3) is 5.69 Å². The molecule has 1 saturated carbocycles. The highest BCUT2D eigenvalue weighted by Crippen LogP contribution is 2.35. The Bertz CT molecular complexity index is 501. The van der Waals surface area contributed by atoms with E-state index in [4.69, 9.17) is 11.6 Å². The van der Waals surface area contributed by atoms with Gasteiger partial charge in [0, 0.05) is 35.3 Å². The molecule has 2 rings (SSSR count). The molecule has 0 aliphatic heterocycles. The number of nitrogens with zero attached hydrogens (tertiary/aromatic N) is 2. The van der Waals surface area contributed by atoms with Gasteiger partial charge in [-0.05, 0) is 45.5 Å². The van der Waals surface area contributed by atoms with Crippen LogP contribution < -0.4 is 5.32 Å². The first-order valence-electron chi connectivity index (χ1n) is 6.76. The van der Waals surface area contributed by atoms with E-state index in [1.54, 1.807) is 12.1 Å². The molecule has 0 atom stereocenters. The van der Waals surface area contributed by atoms with Crippen molar-refractivity contribution in [2.75, 3.05) is 20.6 Å². The third-order valence-electron chi connectivity index (χ3n) is 4.25. The summed E-state index contributed by atoms with van der Waals surface area (Å²) >= 11 is 5.81. The molecule has 110 valence electrons. The molecule has 1 N–H and O–H groups in total. The second kappa shape index (κ2) is 6.08. The number of benzene rings is 1. The van der Waals surface area contributed by atoms with Gasteiger partial charge in [0.1, 0.15) is 0 Å². The Kier molecular flexibility index (Phi) is 4.62. The van der Waals surface area contributed by atoms with Crippen LogP contribution in [-0.4, -0.2) is 36.0 Å². The Morgan fingerprint density at radius 1 is 1.45 bits per heavy atom. The molecule has 1 aromatic rings. The van der Waals surface area contributed by atoms with Crippen molar-refractivity contribution in [3.63, 3.8) is 0 Å². The largest absolute Gasteiger partial charge is 0.311 e. The molecule has 1 aliphatic rings. The predicted octanol–water partition coefficient (Wildman–Crippen LogP) is 2.82. The molecular weight excluding hydrogens is 278 g/mol. The molecule has 0 spiro atoms. The van der Waals surface area contributed by atoms with E-state index in [2.05, 4.69) is 24.3 Å². The number of hydrogen-bond donors (Lipinski definition) is 1. The molecule has 0 unspecified atom stereocenters. The minimum atomic E-state index is -0.381. The molecule has 20 heavy (non-hydrogen) atoms. The van der Waals surface area contributed by atoms with Gasteiger partial charge in [0.2, 0.25) is 0 Å². The van der Waals surface area contributed by atoms with Gasteiger partial charge in [-0.25, -0.2) is 0 Å². The third-order valence-corrected chi connectivity index (χ3v) is 4.48. The summed E-state index contributed by atoms with van der Waals surface area (Å²) in [4.78, 5) is 12.9. The molecule has 0 radical (unpaired) electrons. The maximum Gasteiger partial charge on any atom is 0.275 e. The van der Waals surface area contributed by atoms with Crippen LogP contribution in [0.3, 0.4) is 0 Å². The Morgan fingerprint density at radius 3 is 2.65 bits per heavy atom. The van der Waals surface area contributed by atoms with Crippen molar-refractivity contribution >= 4 is 17.3 Å². The van der Waals surface area contributed by atoms with Crippen molar-refractivity contribution in [1.82, 2.24) is 10.2 Å². The topological polar surface area (TPSA) is 58.4 Å². The number of nitro groups is 1. The van der Waals surface area contributed by atoms with E-state index in [0.29, 0.717) is 17.1 Å². The Morgan fingerprint density at radius 2 is 2.15 bits per heavy atom. The molecule has 0 heterocycles. The molecule has 0 aromatic heterocycles. The third kappa shape index (κ3) is 3.11. The lowest BCUT2D eigenvalue weighted by atomic mass is 9.75. The molecule has 1 aliphatic carbocycles. The van der Waals surface area contributed by atoms with Crippen LogP contribution in [0.25, 0.3) is 0 Å². The summed E-state index contributed by atoms with van der Waals surface area (Å²) in [7, 11) is 4.18. The van der Waals surface area contributed by atoms with Crippen LogP contribution in [0.5, 0.6) is 0 Å². The highest BCUT2D eigenvalue weighted by molar-refractivity contribution is 6.30. The number of nitrogens with one attached hydrogen (secondary N) is 1. The Balaban J connectivity index is 1.99. The average Bonchev–Trinajstić information content (AvgIpc) is 2.33. The van der Waals surface area contributed by atoms with E-state index in [9.17, 15) is 10.1 Å². The van der Waals surface area contributed by atoms with E-state index in [-0.39, 0.29) is 16.1 Å². The molecule has 0 saturated heterocycles. The van der Waals surface area contributed by atoms with Crippen molar-refractivity contribution in [2.45, 2.75) is 31.3 Å². The first kappa shape index (κ1) is 15.2. The van der Waals surface area contributed by atoms with Gasteiger partial charge in [-0.2, -0.15) is 0 Å². The van der Waals surface area contributed by atoms with Crippen molar-refractivity contribution in [2.24, 2.45) is 0 Å². The second-order valence-electron chi connectivity index (χ2n) is 5.61. The van der Waals surface area contributed by atoms with Crippen molar-refractivity contribution in [1.29, 1.82) is 0 Å². The summed E-state index contributed by atoms with van der Waals surface area (Å²) in [6, 6.07) is 4.82. The monoisotopic (exact) mass is 297 g/mol. The minimum Gasteiger partial charge on any atom is -0.311 e. The zero-order valence-corrected chi connectivity index (χ0v) is 12.6. The number of halogens is 1. The molecule has 1 aromatic carbocycles. The minimum absolute atomic E-state index is 0.0810. The van der Waals surface area contributed by atoms with Crippen LogP contribution >= 0.6 is 11.6 Å². The van der Waals surface area contributed by atoms with Crippen molar-refractivity contribution in [3.05, 3.63) is 38.9 Å². The number of hydrogen-bond acceptors (Lipinski definition) is 4. The lowest BCUT2D eigenvalue weighted by Crippen LogP contribution is -2.56. The van der Waals surface area contributed by atoms with E-state index in [0.717, 1.165) is 6.54 Å². The highest BCUT2D eigenvalue weighted by Gasteiger charge is 2.38. The van der Waals surface area contributed by atoms with Gasteiger partial charge >= 0.3 is 0 Å². The van der Waals surface area contributed by atoms with Gasteiger partial charge in [-0.1, -0.05) is 11.6 Å². The van der Waals surface area contributed by atoms with Crippen LogP contribution in [0, 0.1) is 10.1 Å². The molecule has 0 bridgehead atoms. The Labute approximate surface area is 124 Å². The lowest BCUT2D eigenvalue weighted by molar-refractivity contribution is -0.385. The summed E-state index contributed by atoms with van der Waals surface area (Å²) in [5.41, 5.74) is 0.964. The molecule has 6 heteroatoms. The van der Waals surface area contributed by atoms with Crippen LogP contribution in [0.15, 0.2) is 18.2 Å². The Hall–Kier alpha value is -1.17. The van der Waals surface area contributed by atoms with Crippen LogP contribution in [0.2, 0.25) is 5.02 Å². The first-order chi connectivity index (χ1) is 9.44. The van der Waals surface area contributed by atoms with E-state index < -0.39 is 0 Å². The standard InChI is InChI=1S/C14H20ClN3O2/c1-17(2)14(6-3-7-14)10-16-9-11-4-5-12(15)8-13(11)18(19)20/h4-5,8,16H,3,6-7,9-10H2,1-2H3. The number of nitro benzene ring substituents is 1. The zero-order chi connectivity index (χ0) is 14.8. The van der Waals surface area contributed by atoms with Gasteiger partial charge in [0.05, 0.1) is 4.92 Å². The van der Waals surface area contributed by atoms with Crippen LogP contribution in [-0.2, 0) is 6.54 Å². The maximum atomic E-state index is 11.0. The lowest BCUT2D eigenvalue weighted by Gasteiger charge is -2.47. The summed E-state index contributed by atoms with van der Waals surface area (Å²) in [5, 5.41) is 14.8. The van der Waals surface area contributed by atoms with Gasteiger partial charge < -0.3 is 10.2 Å². The quantitative estimate of drug-likeness (QED) is 0.648. The smallest absolute Gasteiger partial charge is 0.275 e. The van der Waals surface area contributed by atoms with Crippen molar-refractivity contribution in [3.8, 4) is 0 Å². The van der Waals surface area contributed by atoms with E-state index in [1.165, 1.54) is 25.3 Å². The second-order valence-corrected chi connectivity index (χ2v) is 6.04. The highest BCUT2D eigenvalue weighted by atomic mass is 35.5. The van der Waals surface area contributed by atoms with Gasteiger partial charge in [0.15, 0.2) is 0 Å². The number of rotatable bonds is 6. The van der Waals surface area contributed by atoms with Gasteiger partial charge in [-0.3, -0.25) is 10.1 Å². The fraction of sp³-hybridized carbons (Fsp3) is 0.571. The van der Waals surface area contributed by atoms with Crippen LogP contribution in [0.1, 0.15) is 24.8 Å². The summed E-state index contributed by atoms with van der Waals surface area (Å²) in [5.74, 6) is 0. The average molecular weight is 298 g/mol. The molecular formula is C14H20ClN3O2. The number of likely N-dealkylation sites (N-methyl/N-ethyl adjacent to an activating group) is 1. The summed E-state index contributed by atoms with van der Waals surface area (Å²) < 4.78 is 0.